The molecule has 0 radical (unpaired) electrons. The van der Waals surface area contributed by atoms with Gasteiger partial charge in [-0.2, -0.15) is 0 Å². The van der Waals surface area contributed by atoms with Crippen molar-refractivity contribution in [3.05, 3.63) is 70.2 Å². The Labute approximate surface area is 179 Å². The van der Waals surface area contributed by atoms with Gasteiger partial charge < -0.3 is 9.64 Å². The minimum Gasteiger partial charge on any atom is -0.462 e. The van der Waals surface area contributed by atoms with E-state index in [0.29, 0.717) is 17.4 Å². The van der Waals surface area contributed by atoms with E-state index in [4.69, 9.17) is 16.3 Å². The molecule has 1 saturated carbocycles. The number of ether oxygens (including phenoxy) is 1. The van der Waals surface area contributed by atoms with Crippen molar-refractivity contribution in [1.82, 2.24) is 4.90 Å². The number of nitrogens with zero attached hydrogens (tertiary/aromatic N) is 1. The van der Waals surface area contributed by atoms with Gasteiger partial charge in [0.2, 0.25) is 0 Å². The number of carbonyl (C=O) groups excluding carboxylic acids is 1. The third-order valence-electron chi connectivity index (χ3n) is 5.22. The van der Waals surface area contributed by atoms with Gasteiger partial charge in [-0.15, -0.1) is 12.4 Å². The Balaban J connectivity index is 0.00000280. The highest BCUT2D eigenvalue weighted by Gasteiger charge is 2.26. The van der Waals surface area contributed by atoms with Crippen LogP contribution in [-0.4, -0.2) is 31.1 Å². The predicted molar refractivity (Wildman–Crippen MR) is 117 cm³/mol. The first-order valence-corrected chi connectivity index (χ1v) is 10.1. The molecule has 152 valence electrons. The van der Waals surface area contributed by atoms with Crippen molar-refractivity contribution in [2.24, 2.45) is 0 Å². The summed E-state index contributed by atoms with van der Waals surface area (Å²) in [6.07, 6.45) is 4.37. The van der Waals surface area contributed by atoms with Crippen molar-refractivity contribution in [1.29, 1.82) is 0 Å². The molecule has 28 heavy (non-hydrogen) atoms. The summed E-state index contributed by atoms with van der Waals surface area (Å²) in [6.45, 7) is 0.964. The third-order valence-corrected chi connectivity index (χ3v) is 5.47. The van der Waals surface area contributed by atoms with Crippen LogP contribution in [0.5, 0.6) is 0 Å². The van der Waals surface area contributed by atoms with Gasteiger partial charge in [0.15, 0.2) is 0 Å². The van der Waals surface area contributed by atoms with E-state index in [0.717, 1.165) is 37.8 Å². The molecule has 3 rings (SSSR count). The highest BCUT2D eigenvalue weighted by Crippen LogP contribution is 2.36. The molecule has 0 bridgehead atoms. The largest absolute Gasteiger partial charge is 0.462 e. The zero-order chi connectivity index (χ0) is 19.2. The average Bonchev–Trinajstić information content (AvgIpc) is 2.64. The second-order valence-electron chi connectivity index (χ2n) is 7.70. The number of esters is 1. The predicted octanol–water partition coefficient (Wildman–Crippen LogP) is 5.64. The van der Waals surface area contributed by atoms with Gasteiger partial charge >= 0.3 is 5.97 Å². The Kier molecular flexibility index (Phi) is 8.81. The van der Waals surface area contributed by atoms with Crippen LogP contribution in [0.25, 0.3) is 0 Å². The van der Waals surface area contributed by atoms with Crippen molar-refractivity contribution in [3.8, 4) is 0 Å². The molecule has 0 unspecified atom stereocenters. The maximum atomic E-state index is 12.2. The van der Waals surface area contributed by atoms with Gasteiger partial charge in [-0.1, -0.05) is 48.0 Å². The van der Waals surface area contributed by atoms with Crippen LogP contribution in [0.1, 0.15) is 48.3 Å². The summed E-state index contributed by atoms with van der Waals surface area (Å²) in [4.78, 5) is 14.4. The van der Waals surface area contributed by atoms with Crippen LogP contribution in [-0.2, 0) is 22.5 Å². The highest BCUT2D eigenvalue weighted by atomic mass is 35.5. The molecule has 1 fully saturated rings. The number of hydrogen-bond donors (Lipinski definition) is 0. The van der Waals surface area contributed by atoms with Crippen molar-refractivity contribution in [2.45, 2.75) is 50.7 Å². The van der Waals surface area contributed by atoms with E-state index in [-0.39, 0.29) is 24.5 Å². The van der Waals surface area contributed by atoms with Gasteiger partial charge in [-0.05, 0) is 74.5 Å². The van der Waals surface area contributed by atoms with Gasteiger partial charge in [0.25, 0.3) is 0 Å². The molecule has 0 N–H and O–H groups in total. The van der Waals surface area contributed by atoms with E-state index in [1.165, 1.54) is 11.1 Å². The number of benzene rings is 2. The number of rotatable bonds is 6. The van der Waals surface area contributed by atoms with E-state index < -0.39 is 0 Å². The fraction of sp³-hybridized carbons (Fsp3) is 0.435. The molecule has 1 aliphatic carbocycles. The molecule has 0 heterocycles. The molecule has 2 aromatic carbocycles. The minimum atomic E-state index is -0.145. The molecule has 0 aliphatic heterocycles. The quantitative estimate of drug-likeness (QED) is 0.565. The monoisotopic (exact) mass is 421 g/mol. The van der Waals surface area contributed by atoms with Crippen molar-refractivity contribution in [2.75, 3.05) is 14.1 Å². The molecular weight excluding hydrogens is 393 g/mol. The second-order valence-corrected chi connectivity index (χ2v) is 8.14. The normalized spacial score (nSPS) is 19.1. The Morgan fingerprint density at radius 3 is 2.32 bits per heavy atom. The summed E-state index contributed by atoms with van der Waals surface area (Å²) >= 11 is 5.89. The zero-order valence-corrected chi connectivity index (χ0v) is 18.1. The van der Waals surface area contributed by atoms with Crippen LogP contribution < -0.4 is 0 Å². The highest BCUT2D eigenvalue weighted by molar-refractivity contribution is 6.30. The zero-order valence-electron chi connectivity index (χ0n) is 16.6. The van der Waals surface area contributed by atoms with Crippen LogP contribution in [0.2, 0.25) is 5.02 Å². The summed E-state index contributed by atoms with van der Waals surface area (Å²) in [6, 6.07) is 16.1. The van der Waals surface area contributed by atoms with E-state index in [2.05, 4.69) is 43.3 Å². The van der Waals surface area contributed by atoms with Crippen LogP contribution in [0, 0.1) is 0 Å². The molecule has 0 amide bonds. The fourth-order valence-corrected chi connectivity index (χ4v) is 4.03. The van der Waals surface area contributed by atoms with Crippen LogP contribution in [0.3, 0.4) is 0 Å². The van der Waals surface area contributed by atoms with Crippen molar-refractivity contribution in [3.63, 3.8) is 0 Å². The lowest BCUT2D eigenvalue weighted by Crippen LogP contribution is -2.25. The lowest BCUT2D eigenvalue weighted by atomic mass is 9.81. The maximum Gasteiger partial charge on any atom is 0.310 e. The Bertz CT molecular complexity index is 753. The summed E-state index contributed by atoms with van der Waals surface area (Å²) in [5.41, 5.74) is 3.80. The van der Waals surface area contributed by atoms with Crippen LogP contribution >= 0.6 is 24.0 Å². The van der Waals surface area contributed by atoms with Gasteiger partial charge in [0, 0.05) is 11.6 Å². The lowest BCUT2D eigenvalue weighted by Gasteiger charge is -2.30. The van der Waals surface area contributed by atoms with Crippen LogP contribution in [0.15, 0.2) is 48.5 Å². The standard InChI is InChI=1S/C23H28ClNO2.ClH/c1-25(2)16-19-5-3-4-6-22(19)18-9-13-21(14-10-18)27-23(26)15-17-7-11-20(24)12-8-17;/h3-8,11-12,18,21H,9-10,13-16H2,1-2H3;1H. The molecule has 1 aliphatic rings. The Morgan fingerprint density at radius 1 is 1.04 bits per heavy atom. The number of halogens is 2. The first-order chi connectivity index (χ1) is 13.0. The topological polar surface area (TPSA) is 29.5 Å². The van der Waals surface area contributed by atoms with E-state index >= 15 is 0 Å². The Morgan fingerprint density at radius 2 is 1.68 bits per heavy atom. The summed E-state index contributed by atoms with van der Waals surface area (Å²) in [5.74, 6) is 0.418. The molecule has 2 aromatic rings. The fourth-order valence-electron chi connectivity index (χ4n) is 3.91. The second kappa shape index (κ2) is 10.8. The minimum absolute atomic E-state index is 0. The number of carbonyl (C=O) groups is 1. The first-order valence-electron chi connectivity index (χ1n) is 9.67. The number of hydrogen-bond acceptors (Lipinski definition) is 3. The molecule has 3 nitrogen and oxygen atoms in total. The summed E-state index contributed by atoms with van der Waals surface area (Å²) < 4.78 is 5.72. The van der Waals surface area contributed by atoms with Crippen molar-refractivity contribution < 1.29 is 9.53 Å². The van der Waals surface area contributed by atoms with Crippen molar-refractivity contribution >= 4 is 30.0 Å². The van der Waals surface area contributed by atoms with Gasteiger partial charge in [0.1, 0.15) is 6.10 Å². The SMILES string of the molecule is CN(C)Cc1ccccc1C1CCC(OC(=O)Cc2ccc(Cl)cc2)CC1.Cl. The summed E-state index contributed by atoms with van der Waals surface area (Å²) in [5, 5.41) is 0.681. The average molecular weight is 422 g/mol. The van der Waals surface area contributed by atoms with Gasteiger partial charge in [-0.3, -0.25) is 4.79 Å². The smallest absolute Gasteiger partial charge is 0.310 e. The third kappa shape index (κ3) is 6.51. The van der Waals surface area contributed by atoms with E-state index in [1.807, 2.05) is 12.1 Å². The van der Waals surface area contributed by atoms with E-state index in [9.17, 15) is 4.79 Å². The first kappa shape index (κ1) is 22.7. The molecular formula is C23H29Cl2NO2. The Hall–Kier alpha value is -1.55. The van der Waals surface area contributed by atoms with Crippen LogP contribution in [0.4, 0.5) is 0 Å². The van der Waals surface area contributed by atoms with E-state index in [1.54, 1.807) is 12.1 Å². The lowest BCUT2D eigenvalue weighted by molar-refractivity contribution is -0.149. The molecule has 0 atom stereocenters. The van der Waals surface area contributed by atoms with Gasteiger partial charge in [0.05, 0.1) is 6.42 Å². The summed E-state index contributed by atoms with van der Waals surface area (Å²) in [7, 11) is 4.21. The molecule has 0 saturated heterocycles. The molecule has 0 aromatic heterocycles. The van der Waals surface area contributed by atoms with Gasteiger partial charge in [-0.25, -0.2) is 0 Å². The molecule has 0 spiro atoms. The maximum absolute atomic E-state index is 12.2. The molecule has 5 heteroatoms.